The highest BCUT2D eigenvalue weighted by atomic mass is 35.5. The molecule has 0 bridgehead atoms. The molecule has 1 fully saturated rings. The number of nitrogens with zero attached hydrogens (tertiary/aromatic N) is 1. The third kappa shape index (κ3) is 7.20. The minimum atomic E-state index is 0. The molecule has 1 amide bonds. The molecule has 176 valence electrons. The Balaban J connectivity index is 0.00000306. The second-order valence-electron chi connectivity index (χ2n) is 8.98. The van der Waals surface area contributed by atoms with Gasteiger partial charge in [-0.3, -0.25) is 4.79 Å². The Morgan fingerprint density at radius 1 is 1.00 bits per heavy atom. The van der Waals surface area contributed by atoms with Gasteiger partial charge in [0.1, 0.15) is 0 Å². The largest absolute Gasteiger partial charge is 0.352 e. The van der Waals surface area contributed by atoms with Crippen LogP contribution in [0.5, 0.6) is 0 Å². The number of hydrogen-bond donors (Lipinski definition) is 1. The average Bonchev–Trinajstić information content (AvgIpc) is 3.57. The second kappa shape index (κ2) is 12.4. The lowest BCUT2D eigenvalue weighted by Gasteiger charge is -2.22. The van der Waals surface area contributed by atoms with E-state index in [0.29, 0.717) is 5.92 Å². The Labute approximate surface area is 208 Å². The third-order valence-corrected chi connectivity index (χ3v) is 6.67. The maximum absolute atomic E-state index is 12.5. The summed E-state index contributed by atoms with van der Waals surface area (Å²) in [6.07, 6.45) is 4.55. The van der Waals surface area contributed by atoms with Gasteiger partial charge in [-0.2, -0.15) is 0 Å². The summed E-state index contributed by atoms with van der Waals surface area (Å²) in [7, 11) is 0. The molecule has 0 spiro atoms. The van der Waals surface area contributed by atoms with Crippen molar-refractivity contribution < 1.29 is 4.79 Å². The van der Waals surface area contributed by atoms with Crippen LogP contribution in [0, 0.1) is 5.92 Å². The van der Waals surface area contributed by atoms with Gasteiger partial charge in [-0.25, -0.2) is 0 Å². The number of nitrogens with one attached hydrogen (secondary N) is 1. The van der Waals surface area contributed by atoms with E-state index in [1.54, 1.807) is 0 Å². The third-order valence-electron chi connectivity index (χ3n) is 6.43. The maximum atomic E-state index is 12.5. The number of unbranched alkanes of at least 4 members (excludes halogenated alkanes) is 1. The van der Waals surface area contributed by atoms with Crippen LogP contribution in [-0.2, 0) is 0 Å². The molecule has 4 rings (SSSR count). The summed E-state index contributed by atoms with van der Waals surface area (Å²) in [5.74, 6) is 1.42. The van der Waals surface area contributed by atoms with Crippen molar-refractivity contribution in [3.05, 3.63) is 82.9 Å². The number of halogens is 2. The lowest BCUT2D eigenvalue weighted by atomic mass is 10.1. The zero-order valence-corrected chi connectivity index (χ0v) is 20.9. The quantitative estimate of drug-likeness (QED) is 0.299. The van der Waals surface area contributed by atoms with Crippen LogP contribution in [-0.4, -0.2) is 37.0 Å². The molecule has 2 unspecified atom stereocenters. The molecule has 3 aromatic rings. The summed E-state index contributed by atoms with van der Waals surface area (Å²) in [5, 5.41) is 6.19. The Hall–Kier alpha value is -2.07. The molecule has 0 radical (unpaired) electrons. The first-order chi connectivity index (χ1) is 15.6. The number of fused-ring (bicyclic) bond motifs is 1. The second-order valence-corrected chi connectivity index (χ2v) is 9.42. The van der Waals surface area contributed by atoms with Crippen molar-refractivity contribution in [2.24, 2.45) is 5.92 Å². The fraction of sp³-hybridized carbons (Fsp3) is 0.393. The van der Waals surface area contributed by atoms with E-state index in [-0.39, 0.29) is 18.3 Å². The van der Waals surface area contributed by atoms with Crippen molar-refractivity contribution in [3.63, 3.8) is 0 Å². The molecular weight excluding hydrogens is 451 g/mol. The van der Waals surface area contributed by atoms with E-state index in [0.717, 1.165) is 66.3 Å². The van der Waals surface area contributed by atoms with Crippen LogP contribution in [0.1, 0.15) is 54.4 Å². The highest BCUT2D eigenvalue weighted by Gasteiger charge is 2.39. The minimum absolute atomic E-state index is 0. The molecule has 1 aliphatic rings. The average molecular weight is 485 g/mol. The van der Waals surface area contributed by atoms with E-state index >= 15 is 0 Å². The highest BCUT2D eigenvalue weighted by Crippen LogP contribution is 2.48. The zero-order valence-electron chi connectivity index (χ0n) is 19.3. The van der Waals surface area contributed by atoms with Gasteiger partial charge in [0.15, 0.2) is 0 Å². The molecule has 0 aliphatic heterocycles. The molecule has 5 heteroatoms. The van der Waals surface area contributed by atoms with Crippen LogP contribution in [0.25, 0.3) is 10.8 Å². The first-order valence-corrected chi connectivity index (χ1v) is 12.3. The molecule has 3 aromatic carbocycles. The van der Waals surface area contributed by atoms with E-state index in [1.165, 1.54) is 18.4 Å². The van der Waals surface area contributed by atoms with E-state index in [1.807, 2.05) is 42.5 Å². The van der Waals surface area contributed by atoms with Gasteiger partial charge in [0.25, 0.3) is 5.91 Å². The van der Waals surface area contributed by atoms with Gasteiger partial charge in [0.2, 0.25) is 0 Å². The molecule has 2 atom stereocenters. The van der Waals surface area contributed by atoms with Gasteiger partial charge in [-0.15, -0.1) is 12.4 Å². The molecular formula is C28H34Cl2N2O. The van der Waals surface area contributed by atoms with Gasteiger partial charge in [0, 0.05) is 23.7 Å². The molecule has 1 N–H and O–H groups in total. The first kappa shape index (κ1) is 25.6. The summed E-state index contributed by atoms with van der Waals surface area (Å²) in [6, 6.07) is 22.4. The van der Waals surface area contributed by atoms with Crippen molar-refractivity contribution in [2.75, 3.05) is 26.2 Å². The van der Waals surface area contributed by atoms with Crippen LogP contribution in [0.15, 0.2) is 66.7 Å². The van der Waals surface area contributed by atoms with Crippen molar-refractivity contribution >= 4 is 40.7 Å². The van der Waals surface area contributed by atoms with E-state index in [9.17, 15) is 4.79 Å². The Bertz CT molecular complexity index is 1050. The summed E-state index contributed by atoms with van der Waals surface area (Å²) in [4.78, 5) is 15.1. The molecule has 1 saturated carbocycles. The monoisotopic (exact) mass is 484 g/mol. The molecule has 1 aliphatic carbocycles. The fourth-order valence-electron chi connectivity index (χ4n) is 4.63. The normalized spacial score (nSPS) is 17.1. The molecule has 0 heterocycles. The van der Waals surface area contributed by atoms with Crippen molar-refractivity contribution in [3.8, 4) is 0 Å². The van der Waals surface area contributed by atoms with Crippen LogP contribution in [0.2, 0.25) is 5.02 Å². The molecule has 3 nitrogen and oxygen atoms in total. The number of rotatable bonds is 11. The first-order valence-electron chi connectivity index (χ1n) is 11.9. The number of benzene rings is 3. The van der Waals surface area contributed by atoms with E-state index in [4.69, 9.17) is 11.6 Å². The topological polar surface area (TPSA) is 32.3 Å². The molecule has 0 saturated heterocycles. The number of carbonyl (C=O) groups is 1. The number of carbonyl (C=O) groups excluding carboxylic acids is 1. The Morgan fingerprint density at radius 2 is 1.82 bits per heavy atom. The highest BCUT2D eigenvalue weighted by molar-refractivity contribution is 6.30. The van der Waals surface area contributed by atoms with Gasteiger partial charge in [-0.05, 0) is 91.2 Å². The Morgan fingerprint density at radius 3 is 2.61 bits per heavy atom. The van der Waals surface area contributed by atoms with Gasteiger partial charge >= 0.3 is 0 Å². The number of hydrogen-bond acceptors (Lipinski definition) is 2. The van der Waals surface area contributed by atoms with Crippen LogP contribution in [0.3, 0.4) is 0 Å². The van der Waals surface area contributed by atoms with E-state index < -0.39 is 0 Å². The Kier molecular flexibility index (Phi) is 9.61. The standard InChI is InChI=1S/C28H33ClN2O.ClH/c1-2-15-31(20-25-19-27(25)23-10-7-11-26(29)18-23)16-6-5-14-30-28(32)24-13-12-21-8-3-4-9-22(21)17-24;/h3-4,7-13,17-18,25,27H,2,5-6,14-16,19-20H2,1H3,(H,30,32);1H. The SMILES string of the molecule is CCCN(CCCCNC(=O)c1ccc2ccccc2c1)CC1CC1c1cccc(Cl)c1.Cl. The summed E-state index contributed by atoms with van der Waals surface area (Å²) < 4.78 is 0. The van der Waals surface area contributed by atoms with Crippen LogP contribution < -0.4 is 5.32 Å². The lowest BCUT2D eigenvalue weighted by molar-refractivity contribution is 0.0952. The van der Waals surface area contributed by atoms with Gasteiger partial charge < -0.3 is 10.2 Å². The van der Waals surface area contributed by atoms with Crippen molar-refractivity contribution in [2.45, 2.75) is 38.5 Å². The molecule has 33 heavy (non-hydrogen) atoms. The van der Waals surface area contributed by atoms with Crippen molar-refractivity contribution in [1.82, 2.24) is 10.2 Å². The summed E-state index contributed by atoms with van der Waals surface area (Å²) in [6.45, 7) is 6.37. The van der Waals surface area contributed by atoms with Gasteiger partial charge in [0.05, 0.1) is 0 Å². The van der Waals surface area contributed by atoms with Gasteiger partial charge in [-0.1, -0.05) is 61.0 Å². The predicted octanol–water partition coefficient (Wildman–Crippen LogP) is 6.94. The predicted molar refractivity (Wildman–Crippen MR) is 142 cm³/mol. The maximum Gasteiger partial charge on any atom is 0.251 e. The summed E-state index contributed by atoms with van der Waals surface area (Å²) >= 11 is 6.16. The van der Waals surface area contributed by atoms with Crippen LogP contribution >= 0.6 is 24.0 Å². The number of amides is 1. The van der Waals surface area contributed by atoms with Crippen LogP contribution in [0.4, 0.5) is 0 Å². The summed E-state index contributed by atoms with van der Waals surface area (Å²) in [5.41, 5.74) is 2.12. The fourth-order valence-corrected chi connectivity index (χ4v) is 4.83. The van der Waals surface area contributed by atoms with Crippen molar-refractivity contribution in [1.29, 1.82) is 0 Å². The lowest BCUT2D eigenvalue weighted by Crippen LogP contribution is -2.29. The minimum Gasteiger partial charge on any atom is -0.352 e. The van der Waals surface area contributed by atoms with E-state index in [2.05, 4.69) is 41.4 Å². The molecule has 0 aromatic heterocycles. The smallest absolute Gasteiger partial charge is 0.251 e. The zero-order chi connectivity index (χ0) is 22.3.